The molecule has 1 heterocycles. The molecule has 3 rings (SSSR count). The molecule has 7 nitrogen and oxygen atoms in total. The molecule has 0 fully saturated rings. The Balaban J connectivity index is 1.76. The highest BCUT2D eigenvalue weighted by molar-refractivity contribution is 5.86. The maximum atomic E-state index is 12.4. The zero-order chi connectivity index (χ0) is 21.1. The van der Waals surface area contributed by atoms with Gasteiger partial charge in [-0.15, -0.1) is 0 Å². The van der Waals surface area contributed by atoms with Gasteiger partial charge in [0.25, 0.3) is 5.91 Å². The van der Waals surface area contributed by atoms with E-state index in [0.29, 0.717) is 11.3 Å². The summed E-state index contributed by atoms with van der Waals surface area (Å²) in [6.07, 6.45) is 2.95. The first kappa shape index (κ1) is 20.9. The predicted octanol–water partition coefficient (Wildman–Crippen LogP) is 1.72. The lowest BCUT2D eigenvalue weighted by atomic mass is 9.91. The summed E-state index contributed by atoms with van der Waals surface area (Å²) in [5.74, 6) is -1.42. The number of carbonyl (C=O) groups excluding carboxylic acids is 2. The van der Waals surface area contributed by atoms with Gasteiger partial charge in [0.15, 0.2) is 6.10 Å². The number of aliphatic carboxylic acids is 1. The Morgan fingerprint density at radius 3 is 2.52 bits per heavy atom. The normalized spacial score (nSPS) is 15.6. The second-order valence-electron chi connectivity index (χ2n) is 7.98. The number of hydrogen-bond acceptors (Lipinski definition) is 6. The van der Waals surface area contributed by atoms with E-state index in [2.05, 4.69) is 5.32 Å². The highest BCUT2D eigenvalue weighted by atomic mass is 16.5. The van der Waals surface area contributed by atoms with Gasteiger partial charge in [0.1, 0.15) is 11.3 Å². The number of aryl methyl sites for hydroxylation is 1. The third kappa shape index (κ3) is 4.78. The van der Waals surface area contributed by atoms with Gasteiger partial charge in [-0.05, 0) is 62.6 Å². The molecular formula is C22H26NO6-. The molecule has 1 aromatic carbocycles. The van der Waals surface area contributed by atoms with Crippen molar-refractivity contribution < 1.29 is 23.8 Å². The van der Waals surface area contributed by atoms with Crippen LogP contribution in [0.1, 0.15) is 51.2 Å². The van der Waals surface area contributed by atoms with Gasteiger partial charge in [-0.2, -0.15) is 0 Å². The number of carboxylic acids is 1. The van der Waals surface area contributed by atoms with Crippen LogP contribution in [0.5, 0.6) is 5.75 Å². The Morgan fingerprint density at radius 2 is 1.86 bits per heavy atom. The maximum absolute atomic E-state index is 12.4. The molecular weight excluding hydrogens is 374 g/mol. The van der Waals surface area contributed by atoms with Crippen molar-refractivity contribution >= 4 is 22.8 Å². The van der Waals surface area contributed by atoms with Crippen LogP contribution in [0.25, 0.3) is 11.0 Å². The highest BCUT2D eigenvalue weighted by Crippen LogP contribution is 2.29. The van der Waals surface area contributed by atoms with Crippen molar-refractivity contribution in [1.82, 2.24) is 5.32 Å². The van der Waals surface area contributed by atoms with Crippen LogP contribution in [0.3, 0.4) is 0 Å². The van der Waals surface area contributed by atoms with Gasteiger partial charge in [0.2, 0.25) is 0 Å². The van der Waals surface area contributed by atoms with Gasteiger partial charge >= 0.3 is 5.63 Å². The van der Waals surface area contributed by atoms with E-state index in [1.54, 1.807) is 12.1 Å². The molecule has 0 saturated carbocycles. The summed E-state index contributed by atoms with van der Waals surface area (Å²) in [4.78, 5) is 35.9. The van der Waals surface area contributed by atoms with Crippen molar-refractivity contribution in [1.29, 1.82) is 0 Å². The number of amides is 1. The van der Waals surface area contributed by atoms with Gasteiger partial charge in [-0.1, -0.05) is 13.8 Å². The minimum Gasteiger partial charge on any atom is -0.548 e. The van der Waals surface area contributed by atoms with Crippen molar-refractivity contribution in [2.45, 2.75) is 65.0 Å². The van der Waals surface area contributed by atoms with Gasteiger partial charge < -0.3 is 24.4 Å². The average Bonchev–Trinajstić information content (AvgIpc) is 2.67. The third-order valence-corrected chi connectivity index (χ3v) is 5.19. The topological polar surface area (TPSA) is 109 Å². The molecule has 29 heavy (non-hydrogen) atoms. The summed E-state index contributed by atoms with van der Waals surface area (Å²) >= 11 is 0. The molecule has 0 aliphatic heterocycles. The molecule has 0 radical (unpaired) electrons. The molecule has 0 bridgehead atoms. The average molecular weight is 400 g/mol. The van der Waals surface area contributed by atoms with E-state index in [4.69, 9.17) is 9.15 Å². The largest absolute Gasteiger partial charge is 0.548 e. The number of carboxylic acid groups (broad SMARTS) is 1. The molecule has 1 aliphatic carbocycles. The van der Waals surface area contributed by atoms with E-state index >= 15 is 0 Å². The molecule has 2 atom stereocenters. The van der Waals surface area contributed by atoms with Crippen molar-refractivity contribution in [2.75, 3.05) is 0 Å². The summed E-state index contributed by atoms with van der Waals surface area (Å²) in [5, 5.41) is 14.6. The SMILES string of the molecule is CC(C)C[C@H](NC(=O)[C@@H](C)Oc1ccc2c3c(c(=O)oc2c1)CCCC3)C(=O)[O-]. The van der Waals surface area contributed by atoms with Crippen LogP contribution in [-0.2, 0) is 22.4 Å². The van der Waals surface area contributed by atoms with Crippen molar-refractivity contribution in [3.8, 4) is 5.75 Å². The molecule has 0 saturated heterocycles. The number of nitrogens with one attached hydrogen (secondary N) is 1. The standard InChI is InChI=1S/C22H27NO6/c1-12(2)10-18(21(25)26)23-20(24)13(3)28-14-8-9-16-15-6-4-5-7-17(15)22(27)29-19(16)11-14/h8-9,11-13,18H,4-7,10H2,1-3H3,(H,23,24)(H,25,26)/p-1/t13-,18+/m1/s1. The third-order valence-electron chi connectivity index (χ3n) is 5.19. The fourth-order valence-electron chi connectivity index (χ4n) is 3.73. The van der Waals surface area contributed by atoms with E-state index < -0.39 is 24.0 Å². The Kier molecular flexibility index (Phi) is 6.25. The lowest BCUT2D eigenvalue weighted by Gasteiger charge is -2.23. The summed E-state index contributed by atoms with van der Waals surface area (Å²) in [6, 6.07) is 4.09. The molecule has 0 unspecified atom stereocenters. The van der Waals surface area contributed by atoms with Gasteiger partial charge in [0, 0.05) is 17.0 Å². The van der Waals surface area contributed by atoms with Gasteiger partial charge in [0.05, 0.1) is 12.0 Å². The molecule has 0 spiro atoms. The summed E-state index contributed by atoms with van der Waals surface area (Å²) in [7, 11) is 0. The summed E-state index contributed by atoms with van der Waals surface area (Å²) < 4.78 is 11.1. The molecule has 156 valence electrons. The van der Waals surface area contributed by atoms with E-state index in [0.717, 1.165) is 42.2 Å². The quantitative estimate of drug-likeness (QED) is 0.709. The number of hydrogen-bond donors (Lipinski definition) is 1. The Bertz CT molecular complexity index is 977. The van der Waals surface area contributed by atoms with Crippen LogP contribution in [0.2, 0.25) is 0 Å². The predicted molar refractivity (Wildman–Crippen MR) is 106 cm³/mol. The first-order valence-electron chi connectivity index (χ1n) is 10.0. The fraction of sp³-hybridized carbons (Fsp3) is 0.500. The van der Waals surface area contributed by atoms with Crippen LogP contribution in [0, 0.1) is 5.92 Å². The molecule has 1 N–H and O–H groups in total. The Labute approximate surface area is 169 Å². The Morgan fingerprint density at radius 1 is 1.17 bits per heavy atom. The summed E-state index contributed by atoms with van der Waals surface area (Å²) in [6.45, 7) is 5.26. The molecule has 1 amide bonds. The van der Waals surface area contributed by atoms with E-state index in [1.165, 1.54) is 6.92 Å². The zero-order valence-corrected chi connectivity index (χ0v) is 16.9. The van der Waals surface area contributed by atoms with Crippen molar-refractivity contribution in [2.24, 2.45) is 5.92 Å². The first-order chi connectivity index (χ1) is 13.8. The maximum Gasteiger partial charge on any atom is 0.339 e. The zero-order valence-electron chi connectivity index (χ0n) is 16.9. The number of ether oxygens (including phenoxy) is 1. The number of carbonyl (C=O) groups is 2. The molecule has 7 heteroatoms. The second-order valence-corrected chi connectivity index (χ2v) is 7.98. The molecule has 1 aliphatic rings. The fourth-order valence-corrected chi connectivity index (χ4v) is 3.73. The smallest absolute Gasteiger partial charge is 0.339 e. The lowest BCUT2D eigenvalue weighted by molar-refractivity contribution is -0.308. The number of fused-ring (bicyclic) bond motifs is 3. The van der Waals surface area contributed by atoms with E-state index in [-0.39, 0.29) is 18.0 Å². The van der Waals surface area contributed by atoms with E-state index in [1.807, 2.05) is 19.9 Å². The van der Waals surface area contributed by atoms with Crippen LogP contribution in [0.15, 0.2) is 27.4 Å². The second kappa shape index (κ2) is 8.68. The van der Waals surface area contributed by atoms with E-state index in [9.17, 15) is 19.5 Å². The Hall–Kier alpha value is -2.83. The van der Waals surface area contributed by atoms with Gasteiger partial charge in [-0.25, -0.2) is 4.79 Å². The van der Waals surface area contributed by atoms with Crippen LogP contribution in [-0.4, -0.2) is 24.0 Å². The highest BCUT2D eigenvalue weighted by Gasteiger charge is 2.22. The minimum absolute atomic E-state index is 0.0868. The summed E-state index contributed by atoms with van der Waals surface area (Å²) in [5.41, 5.74) is 1.89. The minimum atomic E-state index is -1.32. The van der Waals surface area contributed by atoms with Crippen molar-refractivity contribution in [3.63, 3.8) is 0 Å². The van der Waals surface area contributed by atoms with Crippen LogP contribution < -0.4 is 20.8 Å². The molecule has 1 aromatic heterocycles. The number of rotatable bonds is 7. The number of benzene rings is 1. The van der Waals surface area contributed by atoms with Crippen LogP contribution in [0.4, 0.5) is 0 Å². The molecule has 2 aromatic rings. The lowest BCUT2D eigenvalue weighted by Crippen LogP contribution is -2.51. The van der Waals surface area contributed by atoms with Crippen LogP contribution >= 0.6 is 0 Å². The monoisotopic (exact) mass is 400 g/mol. The van der Waals surface area contributed by atoms with Gasteiger partial charge in [-0.3, -0.25) is 4.79 Å². The van der Waals surface area contributed by atoms with Crippen molar-refractivity contribution in [3.05, 3.63) is 39.7 Å². The first-order valence-corrected chi connectivity index (χ1v) is 10.0.